The van der Waals surface area contributed by atoms with Crippen LogP contribution in [0.1, 0.15) is 5.56 Å². The zero-order valence-electron chi connectivity index (χ0n) is 15.4. The third-order valence-electron chi connectivity index (χ3n) is 4.13. The number of methoxy groups -OCH3 is 1. The molecule has 1 amide bonds. The van der Waals surface area contributed by atoms with Crippen LogP contribution in [0.25, 0.3) is 11.1 Å². The molecule has 7 nitrogen and oxygen atoms in total. The Bertz CT molecular complexity index is 1130. The number of nitrogens with zero attached hydrogens (tertiary/aromatic N) is 1. The second-order valence-corrected chi connectivity index (χ2v) is 8.12. The highest BCUT2D eigenvalue weighted by Crippen LogP contribution is 2.29. The first-order valence-corrected chi connectivity index (χ1v) is 10.4. The predicted octanol–water partition coefficient (Wildman–Crippen LogP) is 3.24. The van der Waals surface area contributed by atoms with E-state index in [9.17, 15) is 13.2 Å². The van der Waals surface area contributed by atoms with Gasteiger partial charge in [-0.2, -0.15) is 0 Å². The third-order valence-corrected chi connectivity index (χ3v) is 5.31. The number of halogens is 1. The number of amides is 1. The number of hydrogen-bond acceptors (Lipinski definition) is 5. The molecule has 0 aliphatic rings. The monoisotopic (exact) mass is 431 g/mol. The second-order valence-electron chi connectivity index (χ2n) is 6.20. The molecule has 0 bridgehead atoms. The van der Waals surface area contributed by atoms with E-state index in [2.05, 4.69) is 10.3 Å². The molecular formula is C20H18ClN3O4S. The number of hydrogen-bond donors (Lipinski definition) is 2. The molecule has 2 aromatic carbocycles. The van der Waals surface area contributed by atoms with Crippen molar-refractivity contribution < 1.29 is 17.9 Å². The number of rotatable bonds is 6. The molecule has 0 fully saturated rings. The van der Waals surface area contributed by atoms with Gasteiger partial charge in [-0.15, -0.1) is 0 Å². The summed E-state index contributed by atoms with van der Waals surface area (Å²) in [5.41, 5.74) is 2.01. The van der Waals surface area contributed by atoms with Crippen LogP contribution in [0.4, 0.5) is 5.69 Å². The summed E-state index contributed by atoms with van der Waals surface area (Å²) < 4.78 is 29.3. The van der Waals surface area contributed by atoms with Crippen molar-refractivity contribution in [2.75, 3.05) is 12.4 Å². The Morgan fingerprint density at radius 1 is 1.14 bits per heavy atom. The van der Waals surface area contributed by atoms with Gasteiger partial charge in [0.25, 0.3) is 0 Å². The van der Waals surface area contributed by atoms with Crippen LogP contribution in [0.5, 0.6) is 5.75 Å². The van der Waals surface area contributed by atoms with E-state index in [4.69, 9.17) is 21.5 Å². The Kier molecular flexibility index (Phi) is 6.17. The Morgan fingerprint density at radius 3 is 2.45 bits per heavy atom. The molecule has 3 rings (SSSR count). The Balaban J connectivity index is 1.84. The Labute approximate surface area is 173 Å². The van der Waals surface area contributed by atoms with E-state index < -0.39 is 10.0 Å². The fourth-order valence-corrected chi connectivity index (χ4v) is 3.64. The maximum absolute atomic E-state index is 12.3. The van der Waals surface area contributed by atoms with Crippen molar-refractivity contribution >= 4 is 33.2 Å². The van der Waals surface area contributed by atoms with Crippen LogP contribution in [-0.4, -0.2) is 26.4 Å². The minimum Gasteiger partial charge on any atom is -0.497 e. The Hall–Kier alpha value is -2.94. The lowest BCUT2D eigenvalue weighted by molar-refractivity contribution is -0.115. The standard InChI is InChI=1S/C20H18ClN3O4S/c1-28-16-6-2-13(3-7-16)10-20(25)24-15-5-8-17(18(11-15)29(22,26)27)14-4-9-19(21)23-12-14/h2-9,11-12H,10H2,1H3,(H,24,25)(H2,22,26,27). The number of benzene rings is 2. The summed E-state index contributed by atoms with van der Waals surface area (Å²) in [4.78, 5) is 16.2. The number of carbonyl (C=O) groups excluding carboxylic acids is 1. The van der Waals surface area contributed by atoms with Crippen LogP contribution in [0.2, 0.25) is 5.15 Å². The summed E-state index contributed by atoms with van der Waals surface area (Å²) in [7, 11) is -2.48. The van der Waals surface area contributed by atoms with Crippen molar-refractivity contribution in [3.05, 3.63) is 71.5 Å². The number of carbonyl (C=O) groups is 1. The van der Waals surface area contributed by atoms with Gasteiger partial charge in [0.05, 0.1) is 18.4 Å². The average molecular weight is 432 g/mol. The maximum atomic E-state index is 12.3. The van der Waals surface area contributed by atoms with Crippen LogP contribution in [0, 0.1) is 0 Å². The van der Waals surface area contributed by atoms with Crippen molar-refractivity contribution in [2.24, 2.45) is 5.14 Å². The van der Waals surface area contributed by atoms with E-state index in [1.54, 1.807) is 55.6 Å². The highest BCUT2D eigenvalue weighted by atomic mass is 35.5. The zero-order valence-corrected chi connectivity index (χ0v) is 17.0. The van der Waals surface area contributed by atoms with E-state index in [-0.39, 0.29) is 22.4 Å². The number of nitrogens with two attached hydrogens (primary N) is 1. The topological polar surface area (TPSA) is 111 Å². The first-order valence-electron chi connectivity index (χ1n) is 8.48. The normalized spacial score (nSPS) is 11.1. The molecule has 0 aliphatic carbocycles. The van der Waals surface area contributed by atoms with Crippen LogP contribution in [0.15, 0.2) is 65.7 Å². The lowest BCUT2D eigenvalue weighted by Crippen LogP contribution is -2.17. The number of ether oxygens (including phenoxy) is 1. The number of pyridine rings is 1. The number of anilines is 1. The molecule has 0 saturated carbocycles. The summed E-state index contributed by atoms with van der Waals surface area (Å²) in [6, 6.07) is 14.8. The molecule has 3 aromatic rings. The van der Waals surface area contributed by atoms with E-state index >= 15 is 0 Å². The van der Waals surface area contributed by atoms with Crippen molar-refractivity contribution in [1.29, 1.82) is 0 Å². The molecule has 0 saturated heterocycles. The highest BCUT2D eigenvalue weighted by molar-refractivity contribution is 7.89. The van der Waals surface area contributed by atoms with Gasteiger partial charge in [0.2, 0.25) is 15.9 Å². The fraction of sp³-hybridized carbons (Fsp3) is 0.100. The quantitative estimate of drug-likeness (QED) is 0.582. The molecule has 0 radical (unpaired) electrons. The Morgan fingerprint density at radius 2 is 1.86 bits per heavy atom. The van der Waals surface area contributed by atoms with Crippen molar-refractivity contribution in [2.45, 2.75) is 11.3 Å². The van der Waals surface area contributed by atoms with Crippen molar-refractivity contribution in [3.8, 4) is 16.9 Å². The highest BCUT2D eigenvalue weighted by Gasteiger charge is 2.17. The van der Waals surface area contributed by atoms with E-state index in [1.165, 1.54) is 12.3 Å². The minimum atomic E-state index is -4.04. The van der Waals surface area contributed by atoms with Gasteiger partial charge < -0.3 is 10.1 Å². The zero-order chi connectivity index (χ0) is 21.0. The molecule has 3 N–H and O–H groups in total. The summed E-state index contributed by atoms with van der Waals surface area (Å²) in [6.07, 6.45) is 1.58. The maximum Gasteiger partial charge on any atom is 0.238 e. The van der Waals surface area contributed by atoms with Crippen LogP contribution >= 0.6 is 11.6 Å². The van der Waals surface area contributed by atoms with Crippen molar-refractivity contribution in [1.82, 2.24) is 4.98 Å². The van der Waals surface area contributed by atoms with Gasteiger partial charge in [0.1, 0.15) is 10.9 Å². The first-order chi connectivity index (χ1) is 13.8. The first kappa shape index (κ1) is 20.8. The molecule has 1 heterocycles. The van der Waals surface area contributed by atoms with Gasteiger partial charge in [0, 0.05) is 23.0 Å². The van der Waals surface area contributed by atoms with Gasteiger partial charge >= 0.3 is 0 Å². The van der Waals surface area contributed by atoms with E-state index in [0.29, 0.717) is 22.6 Å². The largest absolute Gasteiger partial charge is 0.497 e. The van der Waals surface area contributed by atoms with E-state index in [1.807, 2.05) is 0 Å². The summed E-state index contributed by atoms with van der Waals surface area (Å²) >= 11 is 5.79. The smallest absolute Gasteiger partial charge is 0.238 e. The molecular weight excluding hydrogens is 414 g/mol. The van der Waals surface area contributed by atoms with Crippen molar-refractivity contribution in [3.63, 3.8) is 0 Å². The second kappa shape index (κ2) is 8.60. The third kappa shape index (κ3) is 5.32. The molecule has 0 unspecified atom stereocenters. The summed E-state index contributed by atoms with van der Waals surface area (Å²) in [5, 5.41) is 8.35. The lowest BCUT2D eigenvalue weighted by Gasteiger charge is -2.12. The molecule has 1 aromatic heterocycles. The molecule has 150 valence electrons. The fourth-order valence-electron chi connectivity index (χ4n) is 2.74. The number of aromatic nitrogens is 1. The number of primary sulfonamides is 1. The minimum absolute atomic E-state index is 0.121. The van der Waals surface area contributed by atoms with Gasteiger partial charge in [0.15, 0.2) is 0 Å². The average Bonchev–Trinajstić information content (AvgIpc) is 2.68. The predicted molar refractivity (Wildman–Crippen MR) is 111 cm³/mol. The molecule has 29 heavy (non-hydrogen) atoms. The van der Waals surface area contributed by atoms with Crippen LogP contribution in [-0.2, 0) is 21.2 Å². The van der Waals surface area contributed by atoms with Gasteiger partial charge in [-0.3, -0.25) is 4.79 Å². The SMILES string of the molecule is COc1ccc(CC(=O)Nc2ccc(-c3ccc(Cl)nc3)c(S(N)(=O)=O)c2)cc1. The molecule has 0 aliphatic heterocycles. The lowest BCUT2D eigenvalue weighted by atomic mass is 10.1. The molecule has 0 spiro atoms. The molecule has 0 atom stereocenters. The van der Waals surface area contributed by atoms with Crippen LogP contribution in [0.3, 0.4) is 0 Å². The molecule has 9 heteroatoms. The summed E-state index contributed by atoms with van der Waals surface area (Å²) in [6.45, 7) is 0. The number of sulfonamides is 1. The van der Waals surface area contributed by atoms with Gasteiger partial charge in [-0.1, -0.05) is 29.8 Å². The van der Waals surface area contributed by atoms with Gasteiger partial charge in [-0.25, -0.2) is 18.5 Å². The van der Waals surface area contributed by atoms with Crippen LogP contribution < -0.4 is 15.2 Å². The summed E-state index contributed by atoms with van der Waals surface area (Å²) in [5.74, 6) is 0.399. The number of nitrogens with one attached hydrogen (secondary N) is 1. The van der Waals surface area contributed by atoms with Gasteiger partial charge in [-0.05, 0) is 42.0 Å². The van der Waals surface area contributed by atoms with E-state index in [0.717, 1.165) is 5.56 Å².